The van der Waals surface area contributed by atoms with Crippen molar-refractivity contribution in [3.05, 3.63) is 97.5 Å². The van der Waals surface area contributed by atoms with Crippen molar-refractivity contribution in [2.24, 2.45) is 0 Å². The molecule has 0 bridgehead atoms. The highest BCUT2D eigenvalue weighted by molar-refractivity contribution is 9.10. The van der Waals surface area contributed by atoms with E-state index < -0.39 is 4.92 Å². The van der Waals surface area contributed by atoms with E-state index in [4.69, 9.17) is 16.3 Å². The van der Waals surface area contributed by atoms with Gasteiger partial charge in [-0.15, -0.1) is 0 Å². The predicted octanol–water partition coefficient (Wildman–Crippen LogP) is 6.20. The van der Waals surface area contributed by atoms with E-state index in [9.17, 15) is 10.1 Å². The normalized spacial score (nSPS) is 10.4. The summed E-state index contributed by atoms with van der Waals surface area (Å²) in [5.74, 6) is 0.731. The van der Waals surface area contributed by atoms with Crippen LogP contribution >= 0.6 is 27.5 Å². The van der Waals surface area contributed by atoms with E-state index in [1.165, 1.54) is 12.1 Å². The number of hydrogen-bond acceptors (Lipinski definition) is 4. The van der Waals surface area contributed by atoms with Crippen LogP contribution in [0.15, 0.2) is 71.2 Å². The highest BCUT2D eigenvalue weighted by Crippen LogP contribution is 2.28. The van der Waals surface area contributed by atoms with E-state index in [0.29, 0.717) is 18.2 Å². The minimum Gasteiger partial charge on any atom is -0.488 e. The lowest BCUT2D eigenvalue weighted by Crippen LogP contribution is -2.01. The molecule has 3 aromatic rings. The zero-order chi connectivity index (χ0) is 19.2. The average molecular weight is 448 g/mol. The van der Waals surface area contributed by atoms with E-state index in [-0.39, 0.29) is 5.69 Å². The highest BCUT2D eigenvalue weighted by atomic mass is 79.9. The minimum atomic E-state index is -0.414. The van der Waals surface area contributed by atoms with Crippen LogP contribution in [0.5, 0.6) is 5.75 Å². The van der Waals surface area contributed by atoms with Crippen molar-refractivity contribution in [1.29, 1.82) is 0 Å². The van der Waals surface area contributed by atoms with Crippen molar-refractivity contribution in [3.8, 4) is 5.75 Å². The van der Waals surface area contributed by atoms with Crippen LogP contribution in [0.3, 0.4) is 0 Å². The Kier molecular flexibility index (Phi) is 6.32. The first kappa shape index (κ1) is 19.2. The molecule has 0 heterocycles. The van der Waals surface area contributed by atoms with E-state index in [1.54, 1.807) is 12.1 Å². The maximum Gasteiger partial charge on any atom is 0.269 e. The summed E-state index contributed by atoms with van der Waals surface area (Å²) in [7, 11) is 0. The molecule has 0 spiro atoms. The van der Waals surface area contributed by atoms with Crippen LogP contribution in [0.1, 0.15) is 11.1 Å². The molecule has 0 aliphatic heterocycles. The number of nitro benzene ring substituents is 1. The number of nitro groups is 1. The Morgan fingerprint density at radius 1 is 1.07 bits per heavy atom. The molecular formula is C20H16BrClN2O3. The quantitative estimate of drug-likeness (QED) is 0.346. The van der Waals surface area contributed by atoms with Gasteiger partial charge in [0.05, 0.1) is 9.40 Å². The Balaban J connectivity index is 1.59. The van der Waals surface area contributed by atoms with Gasteiger partial charge < -0.3 is 10.1 Å². The Labute approximate surface area is 170 Å². The SMILES string of the molecule is O=[N+]([O-])c1ccc(NCc2ccc(OCc3ccccc3Cl)c(Br)c2)cc1. The van der Waals surface area contributed by atoms with Gasteiger partial charge in [0.15, 0.2) is 0 Å². The second-order valence-corrected chi connectivity index (χ2v) is 7.06. The van der Waals surface area contributed by atoms with Gasteiger partial charge in [0, 0.05) is 35.0 Å². The highest BCUT2D eigenvalue weighted by Gasteiger charge is 2.07. The Bertz CT molecular complexity index is 948. The minimum absolute atomic E-state index is 0.0725. The molecule has 0 aliphatic rings. The maximum absolute atomic E-state index is 10.7. The molecule has 0 unspecified atom stereocenters. The molecular weight excluding hydrogens is 432 g/mol. The number of ether oxygens (including phenoxy) is 1. The second-order valence-electron chi connectivity index (χ2n) is 5.80. The van der Waals surface area contributed by atoms with Gasteiger partial charge in [-0.1, -0.05) is 35.9 Å². The number of benzene rings is 3. The van der Waals surface area contributed by atoms with Gasteiger partial charge >= 0.3 is 0 Å². The molecule has 1 N–H and O–H groups in total. The molecule has 0 aliphatic carbocycles. The summed E-state index contributed by atoms with van der Waals surface area (Å²) in [4.78, 5) is 10.3. The van der Waals surface area contributed by atoms with Crippen molar-refractivity contribution in [2.75, 3.05) is 5.32 Å². The van der Waals surface area contributed by atoms with Crippen LogP contribution in [-0.2, 0) is 13.2 Å². The lowest BCUT2D eigenvalue weighted by Gasteiger charge is -2.12. The van der Waals surface area contributed by atoms with Crippen molar-refractivity contribution < 1.29 is 9.66 Å². The van der Waals surface area contributed by atoms with Crippen LogP contribution in [0.25, 0.3) is 0 Å². The fraction of sp³-hybridized carbons (Fsp3) is 0.100. The van der Waals surface area contributed by atoms with Crippen molar-refractivity contribution in [3.63, 3.8) is 0 Å². The van der Waals surface area contributed by atoms with Crippen LogP contribution < -0.4 is 10.1 Å². The fourth-order valence-electron chi connectivity index (χ4n) is 2.45. The van der Waals surface area contributed by atoms with Crippen LogP contribution in [0.2, 0.25) is 5.02 Å². The number of rotatable bonds is 7. The lowest BCUT2D eigenvalue weighted by atomic mass is 10.2. The molecule has 3 aromatic carbocycles. The molecule has 0 saturated heterocycles. The van der Waals surface area contributed by atoms with Crippen LogP contribution in [-0.4, -0.2) is 4.92 Å². The first-order valence-electron chi connectivity index (χ1n) is 8.16. The molecule has 0 amide bonds. The summed E-state index contributed by atoms with van der Waals surface area (Å²) in [5, 5.41) is 14.6. The molecule has 3 rings (SSSR count). The Morgan fingerprint density at radius 3 is 2.48 bits per heavy atom. The van der Waals surface area contributed by atoms with Crippen molar-refractivity contribution in [2.45, 2.75) is 13.2 Å². The third-order valence-electron chi connectivity index (χ3n) is 3.91. The first-order chi connectivity index (χ1) is 13.0. The molecule has 7 heteroatoms. The summed E-state index contributed by atoms with van der Waals surface area (Å²) >= 11 is 9.67. The molecule has 27 heavy (non-hydrogen) atoms. The van der Waals surface area contributed by atoms with Gasteiger partial charge in [-0.05, 0) is 51.8 Å². The van der Waals surface area contributed by atoms with Gasteiger partial charge in [0.1, 0.15) is 12.4 Å². The molecule has 0 aromatic heterocycles. The number of halogens is 2. The van der Waals surface area contributed by atoms with E-state index >= 15 is 0 Å². The molecule has 0 saturated carbocycles. The zero-order valence-corrected chi connectivity index (χ0v) is 16.5. The fourth-order valence-corrected chi connectivity index (χ4v) is 3.18. The summed E-state index contributed by atoms with van der Waals surface area (Å²) in [6, 6.07) is 19.7. The molecule has 0 fully saturated rings. The van der Waals surface area contributed by atoms with Crippen molar-refractivity contribution >= 4 is 38.9 Å². The number of nitrogens with zero attached hydrogens (tertiary/aromatic N) is 1. The summed E-state index contributed by atoms with van der Waals surface area (Å²) in [6.45, 7) is 0.972. The molecule has 5 nitrogen and oxygen atoms in total. The topological polar surface area (TPSA) is 64.4 Å². The molecule has 0 atom stereocenters. The van der Waals surface area contributed by atoms with E-state index in [2.05, 4.69) is 21.2 Å². The number of non-ortho nitro benzene ring substituents is 1. The van der Waals surface area contributed by atoms with Gasteiger partial charge in [0.25, 0.3) is 5.69 Å². The summed E-state index contributed by atoms with van der Waals surface area (Å²) in [5.41, 5.74) is 2.86. The second kappa shape index (κ2) is 8.88. The number of hydrogen-bond donors (Lipinski definition) is 1. The Morgan fingerprint density at radius 2 is 1.81 bits per heavy atom. The first-order valence-corrected chi connectivity index (χ1v) is 9.33. The van der Waals surface area contributed by atoms with Crippen LogP contribution in [0.4, 0.5) is 11.4 Å². The zero-order valence-electron chi connectivity index (χ0n) is 14.2. The van der Waals surface area contributed by atoms with Crippen molar-refractivity contribution in [1.82, 2.24) is 0 Å². The molecule has 138 valence electrons. The van der Waals surface area contributed by atoms with E-state index in [1.807, 2.05) is 42.5 Å². The summed E-state index contributed by atoms with van der Waals surface area (Å²) < 4.78 is 6.69. The standard InChI is InChI=1S/C20H16BrClN2O3/c21-18-11-14(12-23-16-6-8-17(9-7-16)24(25)26)5-10-20(18)27-13-15-3-1-2-4-19(15)22/h1-11,23H,12-13H2. The van der Waals surface area contributed by atoms with Crippen LogP contribution in [0, 0.1) is 10.1 Å². The maximum atomic E-state index is 10.7. The van der Waals surface area contributed by atoms with Gasteiger partial charge in [-0.2, -0.15) is 0 Å². The van der Waals surface area contributed by atoms with E-state index in [0.717, 1.165) is 27.0 Å². The lowest BCUT2D eigenvalue weighted by molar-refractivity contribution is -0.384. The smallest absolute Gasteiger partial charge is 0.269 e. The van der Waals surface area contributed by atoms with Gasteiger partial charge in [0.2, 0.25) is 0 Å². The summed E-state index contributed by atoms with van der Waals surface area (Å²) in [6.07, 6.45) is 0. The largest absolute Gasteiger partial charge is 0.488 e. The number of anilines is 1. The third-order valence-corrected chi connectivity index (χ3v) is 4.90. The average Bonchev–Trinajstić information content (AvgIpc) is 2.67. The molecule has 0 radical (unpaired) electrons. The monoisotopic (exact) mass is 446 g/mol. The van der Waals surface area contributed by atoms with Gasteiger partial charge in [-0.3, -0.25) is 10.1 Å². The predicted molar refractivity (Wildman–Crippen MR) is 110 cm³/mol. The third kappa shape index (κ3) is 5.21. The van der Waals surface area contributed by atoms with Gasteiger partial charge in [-0.25, -0.2) is 0 Å². The number of nitrogens with one attached hydrogen (secondary N) is 1. The Hall–Kier alpha value is -2.57.